The van der Waals surface area contributed by atoms with Crippen LogP contribution >= 0.6 is 15.9 Å². The summed E-state index contributed by atoms with van der Waals surface area (Å²) in [7, 11) is 0. The van der Waals surface area contributed by atoms with Crippen LogP contribution in [0, 0.1) is 6.92 Å². The van der Waals surface area contributed by atoms with Crippen LogP contribution in [-0.2, 0) is 10.7 Å². The van der Waals surface area contributed by atoms with E-state index >= 15 is 0 Å². The van der Waals surface area contributed by atoms with Crippen LogP contribution in [0.4, 0.5) is 0 Å². The van der Waals surface area contributed by atoms with Gasteiger partial charge < -0.3 is 5.11 Å². The molecule has 0 saturated heterocycles. The summed E-state index contributed by atoms with van der Waals surface area (Å²) in [5.41, 5.74) is 5.41. The van der Waals surface area contributed by atoms with Gasteiger partial charge in [-0.2, -0.15) is 0 Å². The smallest absolute Gasteiger partial charge is 0.127 e. The number of rotatable bonds is 2. The molecule has 0 spiro atoms. The first-order valence-corrected chi connectivity index (χ1v) is 7.94. The van der Waals surface area contributed by atoms with Crippen molar-refractivity contribution in [2.45, 2.75) is 38.4 Å². The summed E-state index contributed by atoms with van der Waals surface area (Å²) < 4.78 is 0. The third-order valence-corrected chi connectivity index (χ3v) is 4.13. The maximum atomic E-state index is 10.5. The van der Waals surface area contributed by atoms with E-state index in [1.54, 1.807) is 0 Å². The van der Waals surface area contributed by atoms with Gasteiger partial charge in [0.25, 0.3) is 0 Å². The molecule has 0 aliphatic heterocycles. The van der Waals surface area contributed by atoms with Gasteiger partial charge in [-0.1, -0.05) is 72.6 Å². The van der Waals surface area contributed by atoms with Crippen LogP contribution in [0.2, 0.25) is 0 Å². The van der Waals surface area contributed by atoms with E-state index in [4.69, 9.17) is 0 Å². The molecule has 2 aromatic rings. The van der Waals surface area contributed by atoms with Gasteiger partial charge in [0.05, 0.1) is 0 Å². The van der Waals surface area contributed by atoms with Crippen molar-refractivity contribution in [3.63, 3.8) is 0 Å². The predicted molar refractivity (Wildman–Crippen MR) is 89.6 cm³/mol. The zero-order valence-corrected chi connectivity index (χ0v) is 14.1. The largest absolute Gasteiger partial charge is 0.507 e. The van der Waals surface area contributed by atoms with Gasteiger partial charge in [-0.3, -0.25) is 0 Å². The molecule has 0 atom stereocenters. The van der Waals surface area contributed by atoms with Crippen LogP contribution in [0.15, 0.2) is 36.4 Å². The first-order chi connectivity index (χ1) is 9.32. The van der Waals surface area contributed by atoms with E-state index in [0.29, 0.717) is 11.1 Å². The Hall–Kier alpha value is -1.28. The van der Waals surface area contributed by atoms with E-state index in [-0.39, 0.29) is 5.41 Å². The third-order valence-electron chi connectivity index (χ3n) is 3.53. The lowest BCUT2D eigenvalue weighted by Gasteiger charge is -2.22. The highest BCUT2D eigenvalue weighted by atomic mass is 79.9. The predicted octanol–water partition coefficient (Wildman–Crippen LogP) is 5.56. The van der Waals surface area contributed by atoms with Gasteiger partial charge in [0.2, 0.25) is 0 Å². The minimum Gasteiger partial charge on any atom is -0.507 e. The van der Waals surface area contributed by atoms with E-state index in [2.05, 4.69) is 67.9 Å². The molecule has 0 aliphatic rings. The average molecular weight is 333 g/mol. The van der Waals surface area contributed by atoms with Gasteiger partial charge in [-0.15, -0.1) is 0 Å². The standard InChI is InChI=1S/C18H21BrO/c1-12-6-5-7-13(8-12)16-10-15(18(2,3)4)9-14(11-19)17(16)20/h5-10,20H,11H2,1-4H3. The topological polar surface area (TPSA) is 20.2 Å². The van der Waals surface area contributed by atoms with Crippen molar-refractivity contribution >= 4 is 15.9 Å². The Kier molecular flexibility index (Phi) is 4.24. The Morgan fingerprint density at radius 1 is 1.10 bits per heavy atom. The fourth-order valence-corrected chi connectivity index (χ4v) is 2.69. The Morgan fingerprint density at radius 3 is 2.35 bits per heavy atom. The van der Waals surface area contributed by atoms with Crippen LogP contribution in [-0.4, -0.2) is 5.11 Å². The van der Waals surface area contributed by atoms with Crippen LogP contribution in [0.25, 0.3) is 11.1 Å². The summed E-state index contributed by atoms with van der Waals surface area (Å²) in [6.07, 6.45) is 0. The second-order valence-electron chi connectivity index (χ2n) is 6.28. The van der Waals surface area contributed by atoms with Gasteiger partial charge >= 0.3 is 0 Å². The second kappa shape index (κ2) is 5.61. The molecule has 2 rings (SSSR count). The van der Waals surface area contributed by atoms with Crippen LogP contribution in [0.3, 0.4) is 0 Å². The molecule has 1 N–H and O–H groups in total. The number of hydrogen-bond donors (Lipinski definition) is 1. The molecule has 0 fully saturated rings. The zero-order chi connectivity index (χ0) is 14.9. The maximum Gasteiger partial charge on any atom is 0.127 e. The molecule has 0 saturated carbocycles. The summed E-state index contributed by atoms with van der Waals surface area (Å²) in [6, 6.07) is 12.5. The number of aromatic hydroxyl groups is 1. The van der Waals surface area contributed by atoms with Gasteiger partial charge in [-0.05, 0) is 29.5 Å². The van der Waals surface area contributed by atoms with Gasteiger partial charge in [-0.25, -0.2) is 0 Å². The molecular weight excluding hydrogens is 312 g/mol. The minimum absolute atomic E-state index is 0.0587. The molecule has 2 heteroatoms. The fraction of sp³-hybridized carbons (Fsp3) is 0.333. The molecule has 20 heavy (non-hydrogen) atoms. The van der Waals surface area contributed by atoms with Crippen LogP contribution in [0.5, 0.6) is 5.75 Å². The van der Waals surface area contributed by atoms with E-state index in [1.807, 2.05) is 12.1 Å². The van der Waals surface area contributed by atoms with Crippen LogP contribution < -0.4 is 0 Å². The summed E-state index contributed by atoms with van der Waals surface area (Å²) in [6.45, 7) is 8.64. The highest BCUT2D eigenvalue weighted by Crippen LogP contribution is 2.38. The number of halogens is 1. The van der Waals surface area contributed by atoms with Crippen molar-refractivity contribution in [1.82, 2.24) is 0 Å². The molecule has 2 aromatic carbocycles. The van der Waals surface area contributed by atoms with Crippen molar-refractivity contribution in [2.24, 2.45) is 0 Å². The molecule has 0 bridgehead atoms. The lowest BCUT2D eigenvalue weighted by molar-refractivity contribution is 0.471. The van der Waals surface area contributed by atoms with Crippen molar-refractivity contribution in [3.05, 3.63) is 53.1 Å². The Bertz CT molecular complexity index is 624. The zero-order valence-electron chi connectivity index (χ0n) is 12.5. The van der Waals surface area contributed by atoms with E-state index in [0.717, 1.165) is 16.7 Å². The lowest BCUT2D eigenvalue weighted by Crippen LogP contribution is -2.11. The summed E-state index contributed by atoms with van der Waals surface area (Å²) in [5.74, 6) is 0.375. The van der Waals surface area contributed by atoms with Crippen LogP contribution in [0.1, 0.15) is 37.5 Å². The highest BCUT2D eigenvalue weighted by Gasteiger charge is 2.19. The SMILES string of the molecule is Cc1cccc(-c2cc(C(C)(C)C)cc(CBr)c2O)c1. The molecule has 0 aromatic heterocycles. The number of benzene rings is 2. The fourth-order valence-electron chi connectivity index (χ4n) is 2.26. The number of aryl methyl sites for hydroxylation is 1. The summed E-state index contributed by atoms with van der Waals surface area (Å²) >= 11 is 3.47. The molecule has 0 radical (unpaired) electrons. The number of alkyl halides is 1. The monoisotopic (exact) mass is 332 g/mol. The number of hydrogen-bond acceptors (Lipinski definition) is 1. The van der Waals surface area contributed by atoms with Crippen molar-refractivity contribution in [2.75, 3.05) is 0 Å². The number of phenolic OH excluding ortho intramolecular Hbond substituents is 1. The molecule has 1 nitrogen and oxygen atoms in total. The van der Waals surface area contributed by atoms with E-state index in [9.17, 15) is 5.11 Å². The summed E-state index contributed by atoms with van der Waals surface area (Å²) in [4.78, 5) is 0. The molecular formula is C18H21BrO. The first-order valence-electron chi connectivity index (χ1n) is 6.82. The van der Waals surface area contributed by atoms with Crippen molar-refractivity contribution in [1.29, 1.82) is 0 Å². The van der Waals surface area contributed by atoms with Crippen molar-refractivity contribution < 1.29 is 5.11 Å². The Labute approximate surface area is 129 Å². The first kappa shape index (κ1) is 15.1. The molecule has 0 aliphatic carbocycles. The Balaban J connectivity index is 2.68. The number of phenols is 1. The van der Waals surface area contributed by atoms with Gasteiger partial charge in [0.15, 0.2) is 0 Å². The lowest BCUT2D eigenvalue weighted by atomic mass is 9.84. The Morgan fingerprint density at radius 2 is 1.80 bits per heavy atom. The van der Waals surface area contributed by atoms with Gasteiger partial charge in [0.1, 0.15) is 5.75 Å². The van der Waals surface area contributed by atoms with E-state index < -0.39 is 0 Å². The third kappa shape index (κ3) is 3.06. The molecule has 0 heterocycles. The quantitative estimate of drug-likeness (QED) is 0.713. The normalized spacial score (nSPS) is 11.7. The maximum absolute atomic E-state index is 10.5. The molecule has 0 unspecified atom stereocenters. The second-order valence-corrected chi connectivity index (χ2v) is 6.85. The molecule has 106 valence electrons. The summed E-state index contributed by atoms with van der Waals surface area (Å²) in [5, 5.41) is 11.1. The minimum atomic E-state index is 0.0587. The van der Waals surface area contributed by atoms with E-state index in [1.165, 1.54) is 11.1 Å². The highest BCUT2D eigenvalue weighted by molar-refractivity contribution is 9.08. The molecule has 0 amide bonds. The van der Waals surface area contributed by atoms with Crippen molar-refractivity contribution in [3.8, 4) is 16.9 Å². The average Bonchev–Trinajstić information content (AvgIpc) is 2.37. The van der Waals surface area contributed by atoms with Gasteiger partial charge in [0, 0.05) is 16.5 Å².